The number of nitrogens with zero attached hydrogens (tertiary/aromatic N) is 2. The molecule has 0 aliphatic heterocycles. The van der Waals surface area contributed by atoms with Gasteiger partial charge in [0.15, 0.2) is 0 Å². The van der Waals surface area contributed by atoms with Crippen molar-refractivity contribution in [3.8, 4) is 0 Å². The summed E-state index contributed by atoms with van der Waals surface area (Å²) < 4.78 is 0. The Hall–Kier alpha value is -1.62. The minimum absolute atomic E-state index is 0.0957. The van der Waals surface area contributed by atoms with Crippen molar-refractivity contribution in [3.63, 3.8) is 0 Å². The minimum Gasteiger partial charge on any atom is -0.359 e. The summed E-state index contributed by atoms with van der Waals surface area (Å²) in [5, 5.41) is 2.83. The summed E-state index contributed by atoms with van der Waals surface area (Å²) in [6.07, 6.45) is 0.987. The molecule has 1 aromatic rings. The van der Waals surface area contributed by atoms with Gasteiger partial charge in [0, 0.05) is 38.3 Å². The molecule has 1 heterocycles. The molecule has 1 aromatic heterocycles. The fraction of sp³-hybridized carbons (Fsp3) is 0.462. The number of rotatable bonds is 5. The lowest BCUT2D eigenvalue weighted by molar-refractivity contribution is -0.120. The van der Waals surface area contributed by atoms with Crippen molar-refractivity contribution in [1.82, 2.24) is 15.2 Å². The number of halogens is 1. The summed E-state index contributed by atoms with van der Waals surface area (Å²) in [5.74, 6) is -0.260. The van der Waals surface area contributed by atoms with E-state index in [4.69, 9.17) is 11.6 Å². The largest absolute Gasteiger partial charge is 0.359 e. The second kappa shape index (κ2) is 7.09. The number of carbonyl (C=O) groups excluding carboxylic acids is 2. The first-order valence-electron chi connectivity index (χ1n) is 6.10. The molecule has 2 amide bonds. The van der Waals surface area contributed by atoms with Gasteiger partial charge in [0.25, 0.3) is 5.91 Å². The van der Waals surface area contributed by atoms with Crippen LogP contribution in [0.2, 0.25) is 5.15 Å². The molecule has 0 bridgehead atoms. The van der Waals surface area contributed by atoms with Crippen molar-refractivity contribution in [2.45, 2.75) is 19.8 Å². The monoisotopic (exact) mass is 283 g/mol. The number of amides is 2. The van der Waals surface area contributed by atoms with Crippen LogP contribution in [0.3, 0.4) is 0 Å². The number of aryl methyl sites for hydroxylation is 1. The molecule has 1 rings (SSSR count). The van der Waals surface area contributed by atoms with Crippen molar-refractivity contribution >= 4 is 23.4 Å². The van der Waals surface area contributed by atoms with Gasteiger partial charge < -0.3 is 10.2 Å². The summed E-state index contributed by atoms with van der Waals surface area (Å²) in [7, 11) is 3.23. The number of nitrogens with one attached hydrogen (secondary N) is 1. The molecule has 0 aromatic carbocycles. The van der Waals surface area contributed by atoms with Gasteiger partial charge in [0.2, 0.25) is 5.91 Å². The predicted octanol–water partition coefficient (Wildman–Crippen LogP) is 1.51. The molecule has 0 fully saturated rings. The van der Waals surface area contributed by atoms with E-state index in [2.05, 4.69) is 10.3 Å². The van der Waals surface area contributed by atoms with Crippen LogP contribution in [0.25, 0.3) is 0 Å². The summed E-state index contributed by atoms with van der Waals surface area (Å²) in [6.45, 7) is 2.31. The van der Waals surface area contributed by atoms with E-state index >= 15 is 0 Å². The average molecular weight is 284 g/mol. The standard InChI is InChI=1S/C13H18ClN3O2/c1-4-10-7-9(8-11(14)16-10)13(19)17(3)6-5-12(18)15-2/h7-8H,4-6H2,1-3H3,(H,15,18). The van der Waals surface area contributed by atoms with E-state index in [0.717, 1.165) is 5.69 Å². The zero-order chi connectivity index (χ0) is 14.4. The van der Waals surface area contributed by atoms with E-state index in [1.807, 2.05) is 6.92 Å². The number of hydrogen-bond acceptors (Lipinski definition) is 3. The topological polar surface area (TPSA) is 62.3 Å². The molecule has 0 spiro atoms. The molecule has 0 aliphatic rings. The Kier molecular flexibility index (Phi) is 5.76. The molecule has 104 valence electrons. The average Bonchev–Trinajstić information content (AvgIpc) is 2.42. The molecule has 6 heteroatoms. The Morgan fingerprint density at radius 3 is 2.68 bits per heavy atom. The number of pyridine rings is 1. The smallest absolute Gasteiger partial charge is 0.253 e. The quantitative estimate of drug-likeness (QED) is 0.833. The lowest BCUT2D eigenvalue weighted by Gasteiger charge is -2.17. The van der Waals surface area contributed by atoms with Crippen LogP contribution in [0.15, 0.2) is 12.1 Å². The minimum atomic E-state index is -0.164. The predicted molar refractivity (Wildman–Crippen MR) is 74.3 cm³/mol. The second-order valence-electron chi connectivity index (χ2n) is 4.17. The molecule has 0 atom stereocenters. The van der Waals surface area contributed by atoms with Gasteiger partial charge in [0.1, 0.15) is 5.15 Å². The van der Waals surface area contributed by atoms with Gasteiger partial charge in [-0.1, -0.05) is 18.5 Å². The highest BCUT2D eigenvalue weighted by Crippen LogP contribution is 2.13. The van der Waals surface area contributed by atoms with Gasteiger partial charge in [-0.25, -0.2) is 4.98 Å². The zero-order valence-corrected chi connectivity index (χ0v) is 12.1. The number of carbonyl (C=O) groups is 2. The van der Waals surface area contributed by atoms with E-state index in [1.54, 1.807) is 26.2 Å². The molecule has 0 saturated carbocycles. The van der Waals surface area contributed by atoms with Crippen molar-refractivity contribution in [3.05, 3.63) is 28.5 Å². The van der Waals surface area contributed by atoms with Crippen LogP contribution < -0.4 is 5.32 Å². The lowest BCUT2D eigenvalue weighted by Crippen LogP contribution is -2.31. The van der Waals surface area contributed by atoms with Gasteiger partial charge in [0.05, 0.1) is 0 Å². The third kappa shape index (κ3) is 4.52. The van der Waals surface area contributed by atoms with Gasteiger partial charge in [-0.05, 0) is 18.6 Å². The summed E-state index contributed by atoms with van der Waals surface area (Å²) in [5.41, 5.74) is 1.27. The Balaban J connectivity index is 2.76. The first-order valence-corrected chi connectivity index (χ1v) is 6.48. The van der Waals surface area contributed by atoms with Crippen LogP contribution in [0.1, 0.15) is 29.4 Å². The Labute approximate surface area is 118 Å². The van der Waals surface area contributed by atoms with E-state index in [-0.39, 0.29) is 18.2 Å². The molecule has 0 aliphatic carbocycles. The molecule has 0 unspecified atom stereocenters. The van der Waals surface area contributed by atoms with Crippen LogP contribution in [-0.4, -0.2) is 42.3 Å². The van der Waals surface area contributed by atoms with Gasteiger partial charge >= 0.3 is 0 Å². The fourth-order valence-corrected chi connectivity index (χ4v) is 1.80. The van der Waals surface area contributed by atoms with Crippen LogP contribution in [0.4, 0.5) is 0 Å². The molecule has 0 radical (unpaired) electrons. The number of aromatic nitrogens is 1. The molecule has 1 N–H and O–H groups in total. The molecule has 0 saturated heterocycles. The summed E-state index contributed by atoms with van der Waals surface area (Å²) in [4.78, 5) is 28.9. The zero-order valence-electron chi connectivity index (χ0n) is 11.4. The lowest BCUT2D eigenvalue weighted by atomic mass is 10.2. The Morgan fingerprint density at radius 1 is 1.42 bits per heavy atom. The highest BCUT2D eigenvalue weighted by atomic mass is 35.5. The first kappa shape index (κ1) is 15.4. The van der Waals surface area contributed by atoms with Crippen LogP contribution in [0.5, 0.6) is 0 Å². The first-order chi connectivity index (χ1) is 8.97. The van der Waals surface area contributed by atoms with Crippen LogP contribution in [0, 0.1) is 0 Å². The van der Waals surface area contributed by atoms with Crippen molar-refractivity contribution in [2.75, 3.05) is 20.6 Å². The Morgan fingerprint density at radius 2 is 2.11 bits per heavy atom. The molecular formula is C13H18ClN3O2. The molecule has 19 heavy (non-hydrogen) atoms. The maximum atomic E-state index is 12.2. The second-order valence-corrected chi connectivity index (χ2v) is 4.56. The normalized spacial score (nSPS) is 10.1. The maximum Gasteiger partial charge on any atom is 0.253 e. The summed E-state index contributed by atoms with van der Waals surface area (Å²) in [6, 6.07) is 3.27. The third-order valence-corrected chi connectivity index (χ3v) is 2.95. The maximum absolute atomic E-state index is 12.2. The fourth-order valence-electron chi connectivity index (χ4n) is 1.57. The number of hydrogen-bond donors (Lipinski definition) is 1. The van der Waals surface area contributed by atoms with Crippen molar-refractivity contribution in [2.24, 2.45) is 0 Å². The van der Waals surface area contributed by atoms with E-state index in [0.29, 0.717) is 23.7 Å². The van der Waals surface area contributed by atoms with Crippen molar-refractivity contribution < 1.29 is 9.59 Å². The third-order valence-electron chi connectivity index (χ3n) is 2.76. The van der Waals surface area contributed by atoms with Gasteiger partial charge in [-0.15, -0.1) is 0 Å². The highest BCUT2D eigenvalue weighted by Gasteiger charge is 2.14. The van der Waals surface area contributed by atoms with Crippen LogP contribution >= 0.6 is 11.6 Å². The molecular weight excluding hydrogens is 266 g/mol. The SMILES string of the molecule is CCc1cc(C(=O)N(C)CCC(=O)NC)cc(Cl)n1. The van der Waals surface area contributed by atoms with Gasteiger partial charge in [-0.2, -0.15) is 0 Å². The van der Waals surface area contributed by atoms with E-state index < -0.39 is 0 Å². The summed E-state index contributed by atoms with van der Waals surface area (Å²) >= 11 is 5.88. The van der Waals surface area contributed by atoms with Crippen molar-refractivity contribution in [1.29, 1.82) is 0 Å². The highest BCUT2D eigenvalue weighted by molar-refractivity contribution is 6.29. The Bertz CT molecular complexity index is 477. The molecule has 5 nitrogen and oxygen atoms in total. The van der Waals surface area contributed by atoms with E-state index in [9.17, 15) is 9.59 Å². The van der Waals surface area contributed by atoms with Crippen LogP contribution in [-0.2, 0) is 11.2 Å². The van der Waals surface area contributed by atoms with Gasteiger partial charge in [-0.3, -0.25) is 9.59 Å². The van der Waals surface area contributed by atoms with E-state index in [1.165, 1.54) is 4.90 Å².